The van der Waals surface area contributed by atoms with Crippen LogP contribution >= 0.6 is 22.3 Å². The lowest BCUT2D eigenvalue weighted by Crippen LogP contribution is -1.98. The molecule has 0 bridgehead atoms. The van der Waals surface area contributed by atoms with Gasteiger partial charge in [-0.1, -0.05) is 17.7 Å². The lowest BCUT2D eigenvalue weighted by molar-refractivity contribution is 0.414. The first-order chi connectivity index (χ1) is 9.91. The maximum atomic E-state index is 11.8. The van der Waals surface area contributed by atoms with Gasteiger partial charge in [0.1, 0.15) is 10.6 Å². The monoisotopic (exact) mass is 346 g/mol. The first-order valence-corrected chi connectivity index (χ1v) is 8.98. The van der Waals surface area contributed by atoms with Crippen molar-refractivity contribution in [2.24, 2.45) is 0 Å². The van der Waals surface area contributed by atoms with Crippen molar-refractivity contribution < 1.29 is 13.2 Å². The summed E-state index contributed by atoms with van der Waals surface area (Å²) in [5.74, 6) is 0.736. The van der Waals surface area contributed by atoms with Crippen LogP contribution in [0, 0.1) is 0 Å². The molecule has 0 aliphatic heterocycles. The minimum Gasteiger partial charge on any atom is -0.497 e. The molecule has 1 aromatic carbocycles. The minimum atomic E-state index is -3.95. The summed E-state index contributed by atoms with van der Waals surface area (Å²) in [4.78, 5) is -0.0869. The number of hydrogen-bond donors (Lipinski definition) is 0. The highest BCUT2D eigenvalue weighted by Gasteiger charge is 2.36. The van der Waals surface area contributed by atoms with Crippen molar-refractivity contribution in [2.75, 3.05) is 7.11 Å². The predicted octanol–water partition coefficient (Wildman–Crippen LogP) is 3.34. The molecule has 0 radical (unpaired) electrons. The molecular formula is C13H12Cl2N2O3S. The zero-order chi connectivity index (χ0) is 15.2. The van der Waals surface area contributed by atoms with Gasteiger partial charge in [0, 0.05) is 22.7 Å². The number of aromatic nitrogens is 2. The van der Waals surface area contributed by atoms with Crippen molar-refractivity contribution >= 4 is 31.3 Å². The van der Waals surface area contributed by atoms with E-state index in [0.29, 0.717) is 17.1 Å². The summed E-state index contributed by atoms with van der Waals surface area (Å²) >= 11 is 6.21. The van der Waals surface area contributed by atoms with E-state index >= 15 is 0 Å². The fourth-order valence-electron chi connectivity index (χ4n) is 2.16. The van der Waals surface area contributed by atoms with E-state index in [2.05, 4.69) is 5.10 Å². The molecule has 8 heteroatoms. The van der Waals surface area contributed by atoms with Crippen molar-refractivity contribution in [1.82, 2.24) is 9.78 Å². The van der Waals surface area contributed by atoms with Gasteiger partial charge < -0.3 is 4.74 Å². The molecule has 2 aromatic rings. The second-order valence-electron chi connectivity index (χ2n) is 4.83. The molecule has 3 rings (SSSR count). The Bertz CT molecular complexity index is 798. The fourth-order valence-corrected chi connectivity index (χ4v) is 4.02. The Balaban J connectivity index is 2.19. The normalized spacial score (nSPS) is 15.2. The quantitative estimate of drug-likeness (QED) is 0.796. The van der Waals surface area contributed by atoms with Gasteiger partial charge in [0.15, 0.2) is 5.15 Å². The molecule has 0 spiro atoms. The third kappa shape index (κ3) is 2.75. The molecule has 1 aliphatic rings. The maximum Gasteiger partial charge on any atom is 0.266 e. The topological polar surface area (TPSA) is 61.2 Å². The molecule has 1 heterocycles. The van der Waals surface area contributed by atoms with Crippen LogP contribution in [0.15, 0.2) is 29.2 Å². The van der Waals surface area contributed by atoms with Gasteiger partial charge in [-0.05, 0) is 25.0 Å². The standard InChI is InChI=1S/C13H12Cl2N2O3S/c1-20-10-4-2-3-9(7-10)17-13(14)12(21(15,18)19)11(16-17)8-5-6-8/h2-4,7-8H,5-6H2,1H3. The van der Waals surface area contributed by atoms with Crippen molar-refractivity contribution in [2.45, 2.75) is 23.7 Å². The average molecular weight is 347 g/mol. The summed E-state index contributed by atoms with van der Waals surface area (Å²) in [6.07, 6.45) is 1.79. The van der Waals surface area contributed by atoms with E-state index in [0.717, 1.165) is 12.8 Å². The molecule has 21 heavy (non-hydrogen) atoms. The van der Waals surface area contributed by atoms with Gasteiger partial charge in [-0.25, -0.2) is 13.1 Å². The van der Waals surface area contributed by atoms with E-state index in [-0.39, 0.29) is 16.0 Å². The van der Waals surface area contributed by atoms with Crippen LogP contribution in [0.1, 0.15) is 24.5 Å². The van der Waals surface area contributed by atoms with Crippen LogP contribution in [0.2, 0.25) is 5.15 Å². The molecule has 112 valence electrons. The largest absolute Gasteiger partial charge is 0.497 e. The third-order valence-electron chi connectivity index (χ3n) is 3.32. The predicted molar refractivity (Wildman–Crippen MR) is 80.1 cm³/mol. The summed E-state index contributed by atoms with van der Waals surface area (Å²) in [5, 5.41) is 4.35. The Kier molecular flexibility index (Phi) is 3.63. The second kappa shape index (κ2) is 5.19. The summed E-state index contributed by atoms with van der Waals surface area (Å²) in [6, 6.07) is 7.04. The number of halogens is 2. The summed E-state index contributed by atoms with van der Waals surface area (Å²) in [6.45, 7) is 0. The van der Waals surface area contributed by atoms with E-state index in [4.69, 9.17) is 27.0 Å². The van der Waals surface area contributed by atoms with Crippen LogP contribution in [0.4, 0.5) is 0 Å². The number of benzene rings is 1. The van der Waals surface area contributed by atoms with Gasteiger partial charge in [0.25, 0.3) is 9.05 Å². The van der Waals surface area contributed by atoms with Gasteiger partial charge in [-0.15, -0.1) is 0 Å². The SMILES string of the molecule is COc1cccc(-n2nc(C3CC3)c(S(=O)(=O)Cl)c2Cl)c1. The molecule has 1 aromatic heterocycles. The molecule has 0 unspecified atom stereocenters. The number of ether oxygens (including phenoxy) is 1. The van der Waals surface area contributed by atoms with E-state index in [9.17, 15) is 8.42 Å². The Morgan fingerprint density at radius 2 is 2.10 bits per heavy atom. The van der Waals surface area contributed by atoms with Crippen LogP contribution < -0.4 is 4.74 Å². The number of nitrogens with zero attached hydrogens (tertiary/aromatic N) is 2. The Morgan fingerprint density at radius 3 is 2.67 bits per heavy atom. The van der Waals surface area contributed by atoms with Gasteiger partial charge in [-0.3, -0.25) is 0 Å². The smallest absolute Gasteiger partial charge is 0.266 e. The molecule has 0 atom stereocenters. The average Bonchev–Trinajstić information content (AvgIpc) is 3.21. The molecule has 0 amide bonds. The maximum absolute atomic E-state index is 11.8. The lowest BCUT2D eigenvalue weighted by atomic mass is 10.3. The van der Waals surface area contributed by atoms with Gasteiger partial charge in [0.05, 0.1) is 18.5 Å². The van der Waals surface area contributed by atoms with Crippen molar-refractivity contribution in [3.8, 4) is 11.4 Å². The van der Waals surface area contributed by atoms with Crippen molar-refractivity contribution in [3.05, 3.63) is 35.1 Å². The summed E-state index contributed by atoms with van der Waals surface area (Å²) < 4.78 is 30.1. The first-order valence-electron chi connectivity index (χ1n) is 6.29. The van der Waals surface area contributed by atoms with Crippen molar-refractivity contribution in [3.63, 3.8) is 0 Å². The van der Waals surface area contributed by atoms with Crippen LogP contribution in [-0.4, -0.2) is 25.3 Å². The van der Waals surface area contributed by atoms with E-state index < -0.39 is 9.05 Å². The molecule has 0 saturated heterocycles. The zero-order valence-corrected chi connectivity index (χ0v) is 13.4. The van der Waals surface area contributed by atoms with Gasteiger partial charge >= 0.3 is 0 Å². The van der Waals surface area contributed by atoms with E-state index in [1.807, 2.05) is 0 Å². The Labute approximate surface area is 131 Å². The molecule has 5 nitrogen and oxygen atoms in total. The molecule has 1 fully saturated rings. The molecular weight excluding hydrogens is 335 g/mol. The summed E-state index contributed by atoms with van der Waals surface area (Å²) in [7, 11) is 3.11. The van der Waals surface area contributed by atoms with Crippen LogP contribution in [0.3, 0.4) is 0 Å². The number of hydrogen-bond acceptors (Lipinski definition) is 4. The minimum absolute atomic E-state index is 0.000142. The fraction of sp³-hybridized carbons (Fsp3) is 0.308. The van der Waals surface area contributed by atoms with Gasteiger partial charge in [-0.2, -0.15) is 5.10 Å². The van der Waals surface area contributed by atoms with Crippen molar-refractivity contribution in [1.29, 1.82) is 0 Å². The summed E-state index contributed by atoms with van der Waals surface area (Å²) in [5.41, 5.74) is 1.06. The van der Waals surface area contributed by atoms with Gasteiger partial charge in [0.2, 0.25) is 0 Å². The van der Waals surface area contributed by atoms with Crippen LogP contribution in [0.25, 0.3) is 5.69 Å². The highest BCUT2D eigenvalue weighted by molar-refractivity contribution is 8.13. The second-order valence-corrected chi connectivity index (χ2v) is 7.69. The first kappa shape index (κ1) is 14.7. The van der Waals surface area contributed by atoms with Crippen LogP contribution in [0.5, 0.6) is 5.75 Å². The Hall–Kier alpha value is -1.24. The molecule has 0 N–H and O–H groups in total. The van der Waals surface area contributed by atoms with E-state index in [1.165, 1.54) is 4.68 Å². The lowest BCUT2D eigenvalue weighted by Gasteiger charge is -2.05. The number of methoxy groups -OCH3 is 1. The molecule has 1 saturated carbocycles. The number of rotatable bonds is 4. The highest BCUT2D eigenvalue weighted by atomic mass is 35.7. The zero-order valence-electron chi connectivity index (χ0n) is 11.1. The molecule has 1 aliphatic carbocycles. The third-order valence-corrected chi connectivity index (χ3v) is 5.13. The highest BCUT2D eigenvalue weighted by Crippen LogP contribution is 2.45. The Morgan fingerprint density at radius 1 is 1.38 bits per heavy atom. The van der Waals surface area contributed by atoms with E-state index in [1.54, 1.807) is 31.4 Å². The van der Waals surface area contributed by atoms with Crippen LogP contribution in [-0.2, 0) is 9.05 Å².